The van der Waals surface area contributed by atoms with Gasteiger partial charge in [-0.15, -0.1) is 17.9 Å². The number of ether oxygens (including phenoxy) is 2. The molecular weight excluding hydrogens is 426 g/mol. The number of anilines is 2. The van der Waals surface area contributed by atoms with Gasteiger partial charge in [-0.05, 0) is 42.3 Å². The number of amides is 2. The van der Waals surface area contributed by atoms with Crippen LogP contribution in [-0.4, -0.2) is 36.6 Å². The fourth-order valence-electron chi connectivity index (χ4n) is 3.31. The summed E-state index contributed by atoms with van der Waals surface area (Å²) in [6.45, 7) is 6.10. The van der Waals surface area contributed by atoms with Crippen LogP contribution in [0.15, 0.2) is 60.5 Å². The van der Waals surface area contributed by atoms with Gasteiger partial charge < -0.3 is 14.4 Å². The number of carbonyl (C=O) groups excluding carboxylic acids is 2. The molecule has 0 radical (unpaired) electrons. The molecule has 1 aromatic heterocycles. The van der Waals surface area contributed by atoms with Gasteiger partial charge in [-0.2, -0.15) is 0 Å². The monoisotopic (exact) mass is 449 g/mol. The first-order valence-corrected chi connectivity index (χ1v) is 11.1. The largest absolute Gasteiger partial charge is 0.484 e. The highest BCUT2D eigenvalue weighted by atomic mass is 32.1. The number of rotatable bonds is 8. The van der Waals surface area contributed by atoms with E-state index in [1.807, 2.05) is 47.8 Å². The van der Waals surface area contributed by atoms with Gasteiger partial charge in [-0.25, -0.2) is 4.98 Å². The molecule has 8 heteroatoms. The molecule has 0 bridgehead atoms. The van der Waals surface area contributed by atoms with Crippen molar-refractivity contribution in [3.05, 3.63) is 66.1 Å². The zero-order chi connectivity index (χ0) is 22.5. The molecule has 0 unspecified atom stereocenters. The lowest BCUT2D eigenvalue weighted by atomic mass is 10.1. The van der Waals surface area contributed by atoms with Gasteiger partial charge in [0.1, 0.15) is 11.5 Å². The maximum atomic E-state index is 12.3. The standard InChI is InChI=1S/C24H23N3O4S/c1-3-10-27-20-12-17(8-9-21(20)31-14-23(27)29)19-15-32-24(25-19)26-22(28)13-30-18-7-5-6-16(4-2)11-18/h3,5-9,11-12,15H,1,4,10,13-14H2,2H3,(H,25,26,28). The van der Waals surface area contributed by atoms with Gasteiger partial charge in [0.05, 0.1) is 11.4 Å². The van der Waals surface area contributed by atoms with Crippen LogP contribution in [-0.2, 0) is 16.0 Å². The highest BCUT2D eigenvalue weighted by molar-refractivity contribution is 7.14. The Labute approximate surface area is 190 Å². The fraction of sp³-hybridized carbons (Fsp3) is 0.208. The molecule has 1 aliphatic rings. The number of hydrogen-bond acceptors (Lipinski definition) is 6. The van der Waals surface area contributed by atoms with Gasteiger partial charge in [-0.1, -0.05) is 25.1 Å². The van der Waals surface area contributed by atoms with Crippen molar-refractivity contribution in [3.63, 3.8) is 0 Å². The van der Waals surface area contributed by atoms with Gasteiger partial charge in [-0.3, -0.25) is 14.9 Å². The minimum absolute atomic E-state index is 0.0118. The molecule has 2 aromatic carbocycles. The van der Waals surface area contributed by atoms with Crippen molar-refractivity contribution < 1.29 is 19.1 Å². The Bertz CT molecular complexity index is 1160. The highest BCUT2D eigenvalue weighted by Gasteiger charge is 2.25. The van der Waals surface area contributed by atoms with Gasteiger partial charge in [0.25, 0.3) is 11.8 Å². The molecule has 2 amide bonds. The van der Waals surface area contributed by atoms with Crippen LogP contribution in [0, 0.1) is 0 Å². The molecule has 7 nitrogen and oxygen atoms in total. The smallest absolute Gasteiger partial charge is 0.265 e. The molecule has 2 heterocycles. The molecule has 0 spiro atoms. The van der Waals surface area contributed by atoms with Crippen LogP contribution in [0.3, 0.4) is 0 Å². The number of fused-ring (bicyclic) bond motifs is 1. The molecule has 1 aliphatic heterocycles. The van der Waals surface area contributed by atoms with Crippen molar-refractivity contribution in [2.75, 3.05) is 30.0 Å². The summed E-state index contributed by atoms with van der Waals surface area (Å²) in [5.74, 6) is 0.900. The van der Waals surface area contributed by atoms with Crippen molar-refractivity contribution in [2.45, 2.75) is 13.3 Å². The number of thiazole rings is 1. The summed E-state index contributed by atoms with van der Waals surface area (Å²) in [5.41, 5.74) is 3.35. The maximum Gasteiger partial charge on any atom is 0.265 e. The number of benzene rings is 2. The Morgan fingerprint density at radius 2 is 2.22 bits per heavy atom. The first-order valence-electron chi connectivity index (χ1n) is 10.2. The highest BCUT2D eigenvalue weighted by Crippen LogP contribution is 2.36. The van der Waals surface area contributed by atoms with E-state index in [0.29, 0.717) is 34.6 Å². The predicted molar refractivity (Wildman–Crippen MR) is 126 cm³/mol. The first kappa shape index (κ1) is 21.6. The lowest BCUT2D eigenvalue weighted by molar-refractivity contribution is -0.121. The summed E-state index contributed by atoms with van der Waals surface area (Å²) in [7, 11) is 0. The second-order valence-electron chi connectivity index (χ2n) is 7.14. The van der Waals surface area contributed by atoms with E-state index >= 15 is 0 Å². The van der Waals surface area contributed by atoms with Crippen LogP contribution < -0.4 is 19.7 Å². The number of carbonyl (C=O) groups is 2. The van der Waals surface area contributed by atoms with Crippen molar-refractivity contribution in [2.24, 2.45) is 0 Å². The number of aryl methyl sites for hydroxylation is 1. The van der Waals surface area contributed by atoms with Crippen LogP contribution >= 0.6 is 11.3 Å². The third kappa shape index (κ3) is 4.81. The van der Waals surface area contributed by atoms with Crippen molar-refractivity contribution in [1.29, 1.82) is 0 Å². The number of nitrogens with one attached hydrogen (secondary N) is 1. The predicted octanol–water partition coefficient (Wildman–Crippen LogP) is 4.30. The number of hydrogen-bond donors (Lipinski definition) is 1. The Morgan fingerprint density at radius 1 is 1.34 bits per heavy atom. The maximum absolute atomic E-state index is 12.3. The molecule has 1 N–H and O–H groups in total. The SMILES string of the molecule is C=CCN1C(=O)COc2ccc(-c3csc(NC(=O)COc4cccc(CC)c4)n3)cc21. The van der Waals surface area contributed by atoms with Gasteiger partial charge in [0, 0.05) is 17.5 Å². The van der Waals surface area contributed by atoms with E-state index in [4.69, 9.17) is 9.47 Å². The van der Waals surface area contributed by atoms with Crippen LogP contribution in [0.1, 0.15) is 12.5 Å². The van der Waals surface area contributed by atoms with Crippen molar-refractivity contribution in [1.82, 2.24) is 4.98 Å². The van der Waals surface area contributed by atoms with E-state index in [2.05, 4.69) is 23.8 Å². The first-order chi connectivity index (χ1) is 15.6. The third-order valence-electron chi connectivity index (χ3n) is 4.94. The summed E-state index contributed by atoms with van der Waals surface area (Å²) in [6.07, 6.45) is 2.58. The van der Waals surface area contributed by atoms with Crippen LogP contribution in [0.4, 0.5) is 10.8 Å². The molecule has 164 valence electrons. The Balaban J connectivity index is 1.43. The van der Waals surface area contributed by atoms with Gasteiger partial charge in [0.15, 0.2) is 18.3 Å². The second-order valence-corrected chi connectivity index (χ2v) is 8.00. The van der Waals surface area contributed by atoms with E-state index in [1.165, 1.54) is 11.3 Å². The second kappa shape index (κ2) is 9.65. The van der Waals surface area contributed by atoms with Crippen molar-refractivity contribution >= 4 is 34.0 Å². The Morgan fingerprint density at radius 3 is 3.03 bits per heavy atom. The average Bonchev–Trinajstić information content (AvgIpc) is 3.28. The Hall–Kier alpha value is -3.65. The van der Waals surface area contributed by atoms with E-state index < -0.39 is 0 Å². The van der Waals surface area contributed by atoms with E-state index in [0.717, 1.165) is 17.5 Å². The molecule has 0 saturated heterocycles. The molecule has 32 heavy (non-hydrogen) atoms. The normalized spacial score (nSPS) is 12.7. The van der Waals surface area contributed by atoms with E-state index in [-0.39, 0.29) is 25.0 Å². The molecule has 3 aromatic rings. The zero-order valence-electron chi connectivity index (χ0n) is 17.7. The third-order valence-corrected chi connectivity index (χ3v) is 5.69. The summed E-state index contributed by atoms with van der Waals surface area (Å²) in [6, 6.07) is 13.2. The molecule has 0 saturated carbocycles. The van der Waals surface area contributed by atoms with Crippen molar-refractivity contribution in [3.8, 4) is 22.8 Å². The summed E-state index contributed by atoms with van der Waals surface area (Å²) in [4.78, 5) is 30.6. The number of nitrogens with zero attached hydrogens (tertiary/aromatic N) is 2. The summed E-state index contributed by atoms with van der Waals surface area (Å²) >= 11 is 1.32. The van der Waals surface area contributed by atoms with E-state index in [1.54, 1.807) is 11.0 Å². The summed E-state index contributed by atoms with van der Waals surface area (Å²) in [5, 5.41) is 5.10. The topological polar surface area (TPSA) is 80.8 Å². The fourth-order valence-corrected chi connectivity index (χ4v) is 4.05. The molecular formula is C24H23N3O4S. The van der Waals surface area contributed by atoms with Crippen LogP contribution in [0.2, 0.25) is 0 Å². The molecule has 0 aliphatic carbocycles. The van der Waals surface area contributed by atoms with Crippen LogP contribution in [0.25, 0.3) is 11.3 Å². The van der Waals surface area contributed by atoms with Crippen LogP contribution in [0.5, 0.6) is 11.5 Å². The zero-order valence-corrected chi connectivity index (χ0v) is 18.5. The van der Waals surface area contributed by atoms with E-state index in [9.17, 15) is 9.59 Å². The molecule has 0 atom stereocenters. The Kier molecular flexibility index (Phi) is 6.51. The summed E-state index contributed by atoms with van der Waals surface area (Å²) < 4.78 is 11.1. The lowest BCUT2D eigenvalue weighted by Gasteiger charge is -2.28. The van der Waals surface area contributed by atoms with Gasteiger partial charge in [0.2, 0.25) is 0 Å². The van der Waals surface area contributed by atoms with Gasteiger partial charge >= 0.3 is 0 Å². The molecule has 4 rings (SSSR count). The molecule has 0 fully saturated rings. The minimum Gasteiger partial charge on any atom is -0.484 e. The number of aromatic nitrogens is 1. The minimum atomic E-state index is -0.283. The average molecular weight is 450 g/mol. The lowest BCUT2D eigenvalue weighted by Crippen LogP contribution is -2.38. The quantitative estimate of drug-likeness (QED) is 0.519.